The minimum atomic E-state index is 0.437. The zero-order valence-corrected chi connectivity index (χ0v) is 15.6. The van der Waals surface area contributed by atoms with Crippen LogP contribution in [0.4, 0.5) is 5.69 Å². The standard InChI is InChI=1S/C22H24N2O3/c1-25-20-10-6-7-18(13-20)16-27-22-14-17(11-12-21(22)26-2)15-23-24-19-8-4-3-5-9-19/h3-14,23-24H,15-16H2,1-2H3. The van der Waals surface area contributed by atoms with Crippen LogP contribution in [0.2, 0.25) is 0 Å². The SMILES string of the molecule is COc1cccc(COc2cc(CNNc3ccccc3)ccc2OC)c1. The molecule has 0 radical (unpaired) electrons. The number of hydrogen-bond donors (Lipinski definition) is 2. The molecule has 5 heteroatoms. The summed E-state index contributed by atoms with van der Waals surface area (Å²) in [6, 6.07) is 23.7. The summed E-state index contributed by atoms with van der Waals surface area (Å²) in [5.41, 5.74) is 9.51. The Kier molecular flexibility index (Phi) is 6.55. The van der Waals surface area contributed by atoms with Crippen LogP contribution in [0, 0.1) is 0 Å². The Morgan fingerprint density at radius 1 is 0.741 bits per heavy atom. The van der Waals surface area contributed by atoms with Crippen molar-refractivity contribution >= 4 is 5.69 Å². The van der Waals surface area contributed by atoms with E-state index >= 15 is 0 Å². The van der Waals surface area contributed by atoms with Crippen molar-refractivity contribution in [3.8, 4) is 17.2 Å². The predicted octanol–water partition coefficient (Wildman–Crippen LogP) is 4.40. The molecule has 0 aromatic heterocycles. The largest absolute Gasteiger partial charge is 0.497 e. The lowest BCUT2D eigenvalue weighted by Crippen LogP contribution is -2.20. The molecule has 0 amide bonds. The smallest absolute Gasteiger partial charge is 0.161 e. The summed E-state index contributed by atoms with van der Waals surface area (Å²) in [7, 11) is 3.30. The number of hydrogen-bond acceptors (Lipinski definition) is 5. The molecule has 3 rings (SSSR count). The Bertz CT molecular complexity index is 853. The number of nitrogens with one attached hydrogen (secondary N) is 2. The highest BCUT2D eigenvalue weighted by molar-refractivity contribution is 5.44. The number of rotatable bonds is 9. The van der Waals surface area contributed by atoms with Gasteiger partial charge in [-0.3, -0.25) is 0 Å². The van der Waals surface area contributed by atoms with Crippen molar-refractivity contribution in [1.29, 1.82) is 0 Å². The molecule has 0 aliphatic rings. The molecule has 0 heterocycles. The minimum Gasteiger partial charge on any atom is -0.497 e. The van der Waals surface area contributed by atoms with Gasteiger partial charge in [0.1, 0.15) is 12.4 Å². The first kappa shape index (κ1) is 18.6. The van der Waals surface area contributed by atoms with Gasteiger partial charge in [0.05, 0.1) is 14.2 Å². The lowest BCUT2D eigenvalue weighted by Gasteiger charge is -2.14. The first-order valence-corrected chi connectivity index (χ1v) is 8.75. The normalized spacial score (nSPS) is 10.3. The molecular weight excluding hydrogens is 340 g/mol. The van der Waals surface area contributed by atoms with Gasteiger partial charge in [-0.15, -0.1) is 0 Å². The van der Waals surface area contributed by atoms with E-state index in [1.807, 2.05) is 72.8 Å². The average Bonchev–Trinajstić information content (AvgIpc) is 2.73. The second kappa shape index (κ2) is 9.50. The van der Waals surface area contributed by atoms with Crippen molar-refractivity contribution in [2.24, 2.45) is 0 Å². The van der Waals surface area contributed by atoms with Gasteiger partial charge in [0, 0.05) is 12.2 Å². The Hall–Kier alpha value is -3.18. The van der Waals surface area contributed by atoms with Crippen LogP contribution in [0.3, 0.4) is 0 Å². The Balaban J connectivity index is 1.62. The van der Waals surface area contributed by atoms with Gasteiger partial charge in [0.2, 0.25) is 0 Å². The first-order chi connectivity index (χ1) is 13.3. The molecule has 0 unspecified atom stereocenters. The molecule has 0 saturated heterocycles. The van der Waals surface area contributed by atoms with Crippen LogP contribution >= 0.6 is 0 Å². The molecule has 0 bridgehead atoms. The van der Waals surface area contributed by atoms with E-state index in [0.717, 1.165) is 22.6 Å². The number of anilines is 1. The number of benzene rings is 3. The maximum absolute atomic E-state index is 5.99. The molecule has 0 fully saturated rings. The second-order valence-electron chi connectivity index (χ2n) is 5.97. The van der Waals surface area contributed by atoms with E-state index in [0.29, 0.717) is 24.7 Å². The van der Waals surface area contributed by atoms with Crippen LogP contribution in [-0.4, -0.2) is 14.2 Å². The minimum absolute atomic E-state index is 0.437. The highest BCUT2D eigenvalue weighted by Crippen LogP contribution is 2.29. The highest BCUT2D eigenvalue weighted by atomic mass is 16.5. The summed E-state index contributed by atoms with van der Waals surface area (Å²) in [6.45, 7) is 1.08. The van der Waals surface area contributed by atoms with Gasteiger partial charge in [0.25, 0.3) is 0 Å². The van der Waals surface area contributed by atoms with E-state index < -0.39 is 0 Å². The van der Waals surface area contributed by atoms with E-state index in [4.69, 9.17) is 14.2 Å². The fourth-order valence-corrected chi connectivity index (χ4v) is 2.64. The molecule has 0 aliphatic carbocycles. The van der Waals surface area contributed by atoms with Gasteiger partial charge in [-0.25, -0.2) is 5.43 Å². The molecule has 5 nitrogen and oxygen atoms in total. The fraction of sp³-hybridized carbons (Fsp3) is 0.182. The van der Waals surface area contributed by atoms with Gasteiger partial charge in [0.15, 0.2) is 11.5 Å². The third-order valence-corrected chi connectivity index (χ3v) is 4.06. The highest BCUT2D eigenvalue weighted by Gasteiger charge is 2.07. The lowest BCUT2D eigenvalue weighted by atomic mass is 10.2. The lowest BCUT2D eigenvalue weighted by molar-refractivity contribution is 0.283. The van der Waals surface area contributed by atoms with Crippen molar-refractivity contribution in [2.45, 2.75) is 13.2 Å². The van der Waals surface area contributed by atoms with Crippen LogP contribution in [0.1, 0.15) is 11.1 Å². The van der Waals surface area contributed by atoms with Crippen molar-refractivity contribution in [2.75, 3.05) is 19.6 Å². The maximum Gasteiger partial charge on any atom is 0.161 e. The number of para-hydroxylation sites is 1. The molecule has 2 N–H and O–H groups in total. The van der Waals surface area contributed by atoms with Crippen LogP contribution in [-0.2, 0) is 13.2 Å². The predicted molar refractivity (Wildman–Crippen MR) is 107 cm³/mol. The summed E-state index contributed by atoms with van der Waals surface area (Å²) >= 11 is 0. The molecule has 0 atom stereocenters. The van der Waals surface area contributed by atoms with Crippen molar-refractivity contribution in [3.63, 3.8) is 0 Å². The van der Waals surface area contributed by atoms with Gasteiger partial charge < -0.3 is 19.6 Å². The van der Waals surface area contributed by atoms with Gasteiger partial charge >= 0.3 is 0 Å². The van der Waals surface area contributed by atoms with Gasteiger partial charge in [-0.2, -0.15) is 0 Å². The Morgan fingerprint density at radius 3 is 2.37 bits per heavy atom. The summed E-state index contributed by atoms with van der Waals surface area (Å²) in [6.07, 6.45) is 0. The molecule has 0 saturated carbocycles. The topological polar surface area (TPSA) is 51.8 Å². The average molecular weight is 364 g/mol. The van der Waals surface area contributed by atoms with Crippen LogP contribution in [0.15, 0.2) is 72.8 Å². The number of hydrazine groups is 1. The molecule has 3 aromatic rings. The summed E-state index contributed by atoms with van der Waals surface area (Å²) in [4.78, 5) is 0. The van der Waals surface area contributed by atoms with Crippen LogP contribution < -0.4 is 25.1 Å². The van der Waals surface area contributed by atoms with Gasteiger partial charge in [-0.05, 0) is 47.5 Å². The summed E-state index contributed by atoms with van der Waals surface area (Å²) in [5.74, 6) is 2.23. The van der Waals surface area contributed by atoms with E-state index in [2.05, 4.69) is 10.9 Å². The zero-order chi connectivity index (χ0) is 18.9. The molecular formula is C22H24N2O3. The second-order valence-corrected chi connectivity index (χ2v) is 5.97. The summed E-state index contributed by atoms with van der Waals surface area (Å²) < 4.78 is 16.7. The van der Waals surface area contributed by atoms with E-state index in [9.17, 15) is 0 Å². The summed E-state index contributed by atoms with van der Waals surface area (Å²) in [5, 5.41) is 0. The molecule has 0 aliphatic heterocycles. The first-order valence-electron chi connectivity index (χ1n) is 8.75. The van der Waals surface area contributed by atoms with Crippen molar-refractivity contribution in [3.05, 3.63) is 83.9 Å². The Morgan fingerprint density at radius 2 is 1.59 bits per heavy atom. The van der Waals surface area contributed by atoms with Crippen molar-refractivity contribution < 1.29 is 14.2 Å². The third-order valence-electron chi connectivity index (χ3n) is 4.06. The third kappa shape index (κ3) is 5.39. The van der Waals surface area contributed by atoms with E-state index in [1.165, 1.54) is 0 Å². The van der Waals surface area contributed by atoms with Crippen LogP contribution in [0.5, 0.6) is 17.2 Å². The molecule has 27 heavy (non-hydrogen) atoms. The quantitative estimate of drug-likeness (QED) is 0.551. The van der Waals surface area contributed by atoms with E-state index in [-0.39, 0.29) is 0 Å². The molecule has 140 valence electrons. The Labute approximate surface area is 159 Å². The zero-order valence-electron chi connectivity index (χ0n) is 15.6. The molecule has 3 aromatic carbocycles. The van der Waals surface area contributed by atoms with Crippen LogP contribution in [0.25, 0.3) is 0 Å². The maximum atomic E-state index is 5.99. The number of methoxy groups -OCH3 is 2. The monoisotopic (exact) mass is 364 g/mol. The number of ether oxygens (including phenoxy) is 3. The van der Waals surface area contributed by atoms with Crippen molar-refractivity contribution in [1.82, 2.24) is 5.43 Å². The fourth-order valence-electron chi connectivity index (χ4n) is 2.64. The van der Waals surface area contributed by atoms with E-state index in [1.54, 1.807) is 14.2 Å². The molecule has 0 spiro atoms. The van der Waals surface area contributed by atoms with Gasteiger partial charge in [-0.1, -0.05) is 36.4 Å².